The maximum Gasteiger partial charge on any atom is 0.306 e. The average Bonchev–Trinajstić information content (AvgIpc) is 3.11. The van der Waals surface area contributed by atoms with E-state index in [1.165, 1.54) is 122 Å². The van der Waals surface area contributed by atoms with Crippen LogP contribution in [0.15, 0.2) is 0 Å². The van der Waals surface area contributed by atoms with Crippen molar-refractivity contribution in [2.45, 2.75) is 246 Å². The van der Waals surface area contributed by atoms with E-state index in [1.54, 1.807) is 0 Å². The maximum absolute atomic E-state index is 12.5. The Morgan fingerprint density at radius 3 is 1.12 bits per heavy atom. The van der Waals surface area contributed by atoms with Crippen molar-refractivity contribution in [1.82, 2.24) is 0 Å². The molecule has 0 saturated heterocycles. The van der Waals surface area contributed by atoms with Crippen LogP contribution in [0.1, 0.15) is 240 Å². The van der Waals surface area contributed by atoms with Gasteiger partial charge in [0.1, 0.15) is 13.2 Å². The highest BCUT2D eigenvalue weighted by Gasteiger charge is 2.19. The SMILES string of the molecule is CCCCCCCC(=O)O[C@@H](COC(=O)CCCCCCCCCCCCCC(C)C)COC(=O)CCCCCCCCCCCCC(C)CC. The molecule has 2 atom stereocenters. The second-order valence-electron chi connectivity index (χ2n) is 16.1. The number of carbonyl (C=O) groups excluding carboxylic acids is 3. The molecule has 0 aliphatic rings. The average molecular weight is 723 g/mol. The van der Waals surface area contributed by atoms with Crippen molar-refractivity contribution in [2.24, 2.45) is 11.8 Å². The second-order valence-corrected chi connectivity index (χ2v) is 16.1. The van der Waals surface area contributed by atoms with Crippen LogP contribution in [0.2, 0.25) is 0 Å². The summed E-state index contributed by atoms with van der Waals surface area (Å²) in [4.78, 5) is 37.4. The molecular weight excluding hydrogens is 636 g/mol. The quantitative estimate of drug-likeness (QED) is 0.0357. The maximum atomic E-state index is 12.5. The van der Waals surface area contributed by atoms with E-state index in [1.807, 2.05) is 0 Å². The van der Waals surface area contributed by atoms with Crippen LogP contribution in [-0.2, 0) is 28.6 Å². The minimum absolute atomic E-state index is 0.0664. The van der Waals surface area contributed by atoms with E-state index >= 15 is 0 Å². The third-order valence-electron chi connectivity index (χ3n) is 10.3. The molecule has 302 valence electrons. The lowest BCUT2D eigenvalue weighted by molar-refractivity contribution is -0.167. The van der Waals surface area contributed by atoms with Gasteiger partial charge in [0.05, 0.1) is 0 Å². The van der Waals surface area contributed by atoms with Crippen molar-refractivity contribution in [2.75, 3.05) is 13.2 Å². The van der Waals surface area contributed by atoms with Gasteiger partial charge in [0, 0.05) is 19.3 Å². The molecule has 0 fully saturated rings. The lowest BCUT2D eigenvalue weighted by atomic mass is 9.99. The highest BCUT2D eigenvalue weighted by molar-refractivity contribution is 5.71. The Labute approximate surface area is 317 Å². The minimum Gasteiger partial charge on any atom is -0.462 e. The zero-order valence-corrected chi connectivity index (χ0v) is 34.7. The van der Waals surface area contributed by atoms with E-state index in [9.17, 15) is 14.4 Å². The van der Waals surface area contributed by atoms with Crippen LogP contribution >= 0.6 is 0 Å². The van der Waals surface area contributed by atoms with E-state index in [0.29, 0.717) is 19.3 Å². The molecule has 0 bridgehead atoms. The number of esters is 3. The molecule has 0 aliphatic carbocycles. The zero-order valence-electron chi connectivity index (χ0n) is 34.7. The summed E-state index contributed by atoms with van der Waals surface area (Å²) in [5.74, 6) is 0.824. The Balaban J connectivity index is 4.16. The minimum atomic E-state index is -0.758. The van der Waals surface area contributed by atoms with Gasteiger partial charge in [-0.15, -0.1) is 0 Å². The van der Waals surface area contributed by atoms with Crippen LogP contribution in [0.4, 0.5) is 0 Å². The fourth-order valence-corrected chi connectivity index (χ4v) is 6.54. The summed E-state index contributed by atoms with van der Waals surface area (Å²) < 4.78 is 16.6. The van der Waals surface area contributed by atoms with Gasteiger partial charge in [0.2, 0.25) is 0 Å². The predicted octanol–water partition coefficient (Wildman–Crippen LogP) is 13.8. The van der Waals surface area contributed by atoms with Gasteiger partial charge in [-0.3, -0.25) is 14.4 Å². The molecule has 6 heteroatoms. The van der Waals surface area contributed by atoms with Gasteiger partial charge >= 0.3 is 17.9 Å². The summed E-state index contributed by atoms with van der Waals surface area (Å²) in [7, 11) is 0. The Morgan fingerprint density at radius 2 is 0.745 bits per heavy atom. The van der Waals surface area contributed by atoms with Crippen LogP contribution in [0.5, 0.6) is 0 Å². The molecule has 51 heavy (non-hydrogen) atoms. The monoisotopic (exact) mass is 723 g/mol. The van der Waals surface area contributed by atoms with Crippen LogP contribution < -0.4 is 0 Å². The van der Waals surface area contributed by atoms with E-state index in [0.717, 1.165) is 76.0 Å². The van der Waals surface area contributed by atoms with Gasteiger partial charge in [0.25, 0.3) is 0 Å². The smallest absolute Gasteiger partial charge is 0.306 e. The first kappa shape index (κ1) is 49.4. The summed E-state index contributed by atoms with van der Waals surface area (Å²) in [6, 6.07) is 0. The number of unbranched alkanes of at least 4 members (excludes halogenated alkanes) is 23. The number of hydrogen-bond acceptors (Lipinski definition) is 6. The normalized spacial score (nSPS) is 12.6. The van der Waals surface area contributed by atoms with E-state index in [4.69, 9.17) is 14.2 Å². The Kier molecular flexibility index (Phi) is 37.0. The molecule has 0 aromatic carbocycles. The Morgan fingerprint density at radius 1 is 0.412 bits per heavy atom. The van der Waals surface area contributed by atoms with Gasteiger partial charge in [-0.25, -0.2) is 0 Å². The molecule has 0 aromatic heterocycles. The Hall–Kier alpha value is -1.59. The topological polar surface area (TPSA) is 78.9 Å². The van der Waals surface area contributed by atoms with Crippen LogP contribution in [0, 0.1) is 11.8 Å². The summed E-state index contributed by atoms with van der Waals surface area (Å²) in [6.07, 6.45) is 35.4. The highest BCUT2D eigenvalue weighted by Crippen LogP contribution is 2.17. The molecular formula is C45H86O6. The number of rotatable bonds is 39. The molecule has 1 unspecified atom stereocenters. The molecule has 0 aliphatic heterocycles. The second kappa shape index (κ2) is 38.1. The fourth-order valence-electron chi connectivity index (χ4n) is 6.54. The van der Waals surface area contributed by atoms with Crippen molar-refractivity contribution in [3.8, 4) is 0 Å². The molecule has 0 rings (SSSR count). The first-order chi connectivity index (χ1) is 24.8. The molecule has 0 heterocycles. The molecule has 0 spiro atoms. The predicted molar refractivity (Wildman–Crippen MR) is 215 cm³/mol. The van der Waals surface area contributed by atoms with Gasteiger partial charge in [0.15, 0.2) is 6.10 Å². The third kappa shape index (κ3) is 38.0. The van der Waals surface area contributed by atoms with E-state index in [2.05, 4.69) is 34.6 Å². The molecule has 0 radical (unpaired) electrons. The number of carbonyl (C=O) groups is 3. The first-order valence-corrected chi connectivity index (χ1v) is 22.3. The van der Waals surface area contributed by atoms with E-state index in [-0.39, 0.29) is 31.1 Å². The number of hydrogen-bond donors (Lipinski definition) is 0. The number of ether oxygens (including phenoxy) is 3. The summed E-state index contributed by atoms with van der Waals surface area (Å²) in [6.45, 7) is 11.3. The van der Waals surface area contributed by atoms with Crippen molar-refractivity contribution < 1.29 is 28.6 Å². The first-order valence-electron chi connectivity index (χ1n) is 22.3. The van der Waals surface area contributed by atoms with Crippen molar-refractivity contribution in [1.29, 1.82) is 0 Å². The Bertz CT molecular complexity index is 781. The lowest BCUT2D eigenvalue weighted by Gasteiger charge is -2.18. The summed E-state index contributed by atoms with van der Waals surface area (Å²) in [5.41, 5.74) is 0. The standard InChI is InChI=1S/C45H86O6/c1-6-8-9-23-32-37-45(48)51-42(38-49-43(46)35-30-26-21-17-12-10-11-15-19-24-28-33-40(3)4)39-50-44(47)36-31-27-22-18-14-13-16-20-25-29-34-41(5)7-2/h40-42H,6-39H2,1-5H3/t41?,42-/m0/s1. The molecule has 6 nitrogen and oxygen atoms in total. The molecule has 0 aromatic rings. The van der Waals surface area contributed by atoms with Crippen molar-refractivity contribution in [3.63, 3.8) is 0 Å². The zero-order chi connectivity index (χ0) is 37.6. The largest absolute Gasteiger partial charge is 0.462 e. The lowest BCUT2D eigenvalue weighted by Crippen LogP contribution is -2.30. The van der Waals surface area contributed by atoms with Gasteiger partial charge in [-0.1, -0.05) is 202 Å². The van der Waals surface area contributed by atoms with Gasteiger partial charge in [-0.2, -0.15) is 0 Å². The van der Waals surface area contributed by atoms with Crippen molar-refractivity contribution in [3.05, 3.63) is 0 Å². The van der Waals surface area contributed by atoms with Gasteiger partial charge in [-0.05, 0) is 31.1 Å². The third-order valence-corrected chi connectivity index (χ3v) is 10.3. The summed E-state index contributed by atoms with van der Waals surface area (Å²) in [5, 5.41) is 0. The molecule has 0 N–H and O–H groups in total. The van der Waals surface area contributed by atoms with Gasteiger partial charge < -0.3 is 14.2 Å². The highest BCUT2D eigenvalue weighted by atomic mass is 16.6. The molecule has 0 amide bonds. The molecule has 0 saturated carbocycles. The van der Waals surface area contributed by atoms with Crippen LogP contribution in [0.25, 0.3) is 0 Å². The van der Waals surface area contributed by atoms with E-state index < -0.39 is 6.10 Å². The summed E-state index contributed by atoms with van der Waals surface area (Å²) >= 11 is 0. The van der Waals surface area contributed by atoms with Crippen molar-refractivity contribution >= 4 is 17.9 Å². The van der Waals surface area contributed by atoms with Crippen LogP contribution in [0.3, 0.4) is 0 Å². The van der Waals surface area contributed by atoms with Crippen LogP contribution in [-0.4, -0.2) is 37.2 Å². The fraction of sp³-hybridized carbons (Fsp3) is 0.933.